The Morgan fingerprint density at radius 2 is 2.00 bits per heavy atom. The van der Waals surface area contributed by atoms with Crippen LogP contribution in [0.4, 0.5) is 4.39 Å². The number of hydrogen-bond donors (Lipinski definition) is 0. The SMILES string of the molecule is C=C(CN(C)CCF)c1cc(C#CC(C)(C)C)sc1C=O.CCC. The second kappa shape index (κ2) is 11.2. The number of hydrogen-bond acceptors (Lipinski definition) is 3. The number of alkyl halides is 1. The first kappa shape index (κ1) is 22.6. The Kier molecular flexibility index (Phi) is 10.5. The predicted molar refractivity (Wildman–Crippen MR) is 105 cm³/mol. The third-order valence-electron chi connectivity index (χ3n) is 2.74. The highest BCUT2D eigenvalue weighted by molar-refractivity contribution is 7.14. The van der Waals surface area contributed by atoms with Crippen molar-refractivity contribution >= 4 is 23.2 Å². The molecule has 1 rings (SSSR count). The molecule has 0 atom stereocenters. The zero-order chi connectivity index (χ0) is 18.8. The Morgan fingerprint density at radius 3 is 2.46 bits per heavy atom. The van der Waals surface area contributed by atoms with Crippen molar-refractivity contribution in [3.05, 3.63) is 28.0 Å². The summed E-state index contributed by atoms with van der Waals surface area (Å²) in [6.07, 6.45) is 2.09. The summed E-state index contributed by atoms with van der Waals surface area (Å²) in [5, 5.41) is 0. The Bertz CT molecular complexity index is 587. The Hall–Kier alpha value is -1.44. The number of rotatable bonds is 6. The molecule has 0 saturated heterocycles. The fraction of sp³-hybridized carbons (Fsp3) is 0.550. The maximum absolute atomic E-state index is 12.3. The van der Waals surface area contributed by atoms with Gasteiger partial charge in [0.2, 0.25) is 0 Å². The van der Waals surface area contributed by atoms with Gasteiger partial charge in [-0.1, -0.05) is 38.7 Å². The zero-order valence-electron chi connectivity index (χ0n) is 15.8. The summed E-state index contributed by atoms with van der Waals surface area (Å²) in [7, 11) is 1.83. The molecule has 0 aromatic carbocycles. The van der Waals surface area contributed by atoms with Gasteiger partial charge in [-0.15, -0.1) is 11.3 Å². The average molecular weight is 352 g/mol. The minimum absolute atomic E-state index is 0.0795. The molecule has 0 aliphatic rings. The first-order chi connectivity index (χ1) is 11.2. The lowest BCUT2D eigenvalue weighted by Crippen LogP contribution is -2.22. The highest BCUT2D eigenvalue weighted by atomic mass is 32.1. The fourth-order valence-electron chi connectivity index (χ4n) is 1.71. The predicted octanol–water partition coefficient (Wildman–Crippen LogP) is 5.29. The molecule has 1 aromatic heterocycles. The lowest BCUT2D eigenvalue weighted by atomic mass is 9.98. The molecule has 0 spiro atoms. The van der Waals surface area contributed by atoms with E-state index in [1.807, 2.05) is 38.8 Å². The third kappa shape index (κ3) is 9.00. The van der Waals surface area contributed by atoms with Gasteiger partial charge < -0.3 is 0 Å². The molecule has 1 heterocycles. The van der Waals surface area contributed by atoms with E-state index in [1.165, 1.54) is 17.8 Å². The van der Waals surface area contributed by atoms with E-state index in [0.717, 1.165) is 22.3 Å². The fourth-order valence-corrected chi connectivity index (χ4v) is 2.59. The van der Waals surface area contributed by atoms with Crippen molar-refractivity contribution < 1.29 is 9.18 Å². The molecule has 0 saturated carbocycles. The Labute approximate surface area is 150 Å². The van der Waals surface area contributed by atoms with Crippen molar-refractivity contribution in [1.82, 2.24) is 4.90 Å². The lowest BCUT2D eigenvalue weighted by Gasteiger charge is -2.15. The van der Waals surface area contributed by atoms with Crippen LogP contribution in [0.15, 0.2) is 12.6 Å². The Balaban J connectivity index is 0.00000163. The van der Waals surface area contributed by atoms with Gasteiger partial charge in [0.15, 0.2) is 6.29 Å². The normalized spacial score (nSPS) is 10.5. The van der Waals surface area contributed by atoms with Crippen molar-refractivity contribution in [2.24, 2.45) is 5.41 Å². The van der Waals surface area contributed by atoms with Crippen LogP contribution in [0.1, 0.15) is 61.2 Å². The van der Waals surface area contributed by atoms with E-state index in [4.69, 9.17) is 0 Å². The summed E-state index contributed by atoms with van der Waals surface area (Å²) in [5.41, 5.74) is 1.55. The first-order valence-electron chi connectivity index (χ1n) is 8.23. The lowest BCUT2D eigenvalue weighted by molar-refractivity contribution is 0.112. The van der Waals surface area contributed by atoms with Crippen molar-refractivity contribution in [1.29, 1.82) is 0 Å². The first-order valence-corrected chi connectivity index (χ1v) is 9.04. The largest absolute Gasteiger partial charge is 0.300 e. The molecule has 0 fully saturated rings. The van der Waals surface area contributed by atoms with Gasteiger partial charge in [0.25, 0.3) is 0 Å². The van der Waals surface area contributed by atoms with Gasteiger partial charge in [-0.2, -0.15) is 0 Å². The minimum Gasteiger partial charge on any atom is -0.300 e. The number of halogens is 1. The molecule has 0 bridgehead atoms. The van der Waals surface area contributed by atoms with Crippen LogP contribution in [0.5, 0.6) is 0 Å². The molecule has 0 aliphatic carbocycles. The van der Waals surface area contributed by atoms with Crippen LogP contribution in [0.2, 0.25) is 0 Å². The van der Waals surface area contributed by atoms with Crippen molar-refractivity contribution in [2.75, 3.05) is 26.8 Å². The molecule has 24 heavy (non-hydrogen) atoms. The van der Waals surface area contributed by atoms with Gasteiger partial charge >= 0.3 is 0 Å². The number of carbonyl (C=O) groups excluding carboxylic acids is 1. The maximum atomic E-state index is 12.3. The highest BCUT2D eigenvalue weighted by Crippen LogP contribution is 2.26. The molecule has 4 heteroatoms. The standard InChI is InChI=1S/C17H22FNOS.C3H8/c1-13(11-19(5)9-8-18)15-10-14(21-16(15)12-20)6-7-17(2,3)4;1-3-2/h10,12H,1,8-9,11H2,2-5H3;3H2,1-2H3. The summed E-state index contributed by atoms with van der Waals surface area (Å²) in [6, 6.07) is 1.90. The molecule has 0 radical (unpaired) electrons. The van der Waals surface area contributed by atoms with Crippen LogP contribution in [0, 0.1) is 17.3 Å². The van der Waals surface area contributed by atoms with Crippen LogP contribution >= 0.6 is 11.3 Å². The van der Waals surface area contributed by atoms with E-state index >= 15 is 0 Å². The average Bonchev–Trinajstić information content (AvgIpc) is 2.89. The Morgan fingerprint density at radius 1 is 1.42 bits per heavy atom. The molecule has 1 aromatic rings. The van der Waals surface area contributed by atoms with Crippen molar-refractivity contribution in [3.8, 4) is 11.8 Å². The van der Waals surface area contributed by atoms with E-state index in [0.29, 0.717) is 18.0 Å². The van der Waals surface area contributed by atoms with Crippen LogP contribution in [0.25, 0.3) is 5.57 Å². The van der Waals surface area contributed by atoms with E-state index in [1.54, 1.807) is 0 Å². The molecule has 2 nitrogen and oxygen atoms in total. The summed E-state index contributed by atoms with van der Waals surface area (Å²) >= 11 is 1.37. The zero-order valence-corrected chi connectivity index (χ0v) is 16.6. The molecule has 0 N–H and O–H groups in total. The monoisotopic (exact) mass is 351 g/mol. The molecular weight excluding hydrogens is 321 g/mol. The number of thiophene rings is 1. The van der Waals surface area contributed by atoms with Gasteiger partial charge in [0.1, 0.15) is 6.67 Å². The smallest absolute Gasteiger partial charge is 0.160 e. The van der Waals surface area contributed by atoms with E-state index < -0.39 is 6.67 Å². The molecule has 0 unspecified atom stereocenters. The number of carbonyl (C=O) groups is 1. The molecule has 134 valence electrons. The van der Waals surface area contributed by atoms with E-state index in [2.05, 4.69) is 32.3 Å². The van der Waals surface area contributed by atoms with Gasteiger partial charge in [-0.3, -0.25) is 9.69 Å². The summed E-state index contributed by atoms with van der Waals surface area (Å²) in [6.45, 7) is 14.9. The van der Waals surface area contributed by atoms with E-state index in [9.17, 15) is 9.18 Å². The van der Waals surface area contributed by atoms with E-state index in [-0.39, 0.29) is 5.41 Å². The molecule has 0 amide bonds. The second-order valence-corrected chi connectivity index (χ2v) is 7.83. The summed E-state index contributed by atoms with van der Waals surface area (Å²) < 4.78 is 12.3. The minimum atomic E-state index is -0.393. The van der Waals surface area contributed by atoms with Crippen LogP contribution < -0.4 is 0 Å². The molecule has 0 aliphatic heterocycles. The third-order valence-corrected chi connectivity index (χ3v) is 3.71. The summed E-state index contributed by atoms with van der Waals surface area (Å²) in [4.78, 5) is 14.5. The van der Waals surface area contributed by atoms with Gasteiger partial charge in [0, 0.05) is 24.1 Å². The highest BCUT2D eigenvalue weighted by Gasteiger charge is 2.12. The second-order valence-electron chi connectivity index (χ2n) is 6.74. The number of likely N-dealkylation sites (N-methyl/N-ethyl adjacent to an activating group) is 1. The van der Waals surface area contributed by atoms with Crippen LogP contribution in [-0.2, 0) is 0 Å². The van der Waals surface area contributed by atoms with Crippen molar-refractivity contribution in [2.45, 2.75) is 41.0 Å². The number of nitrogens with zero attached hydrogens (tertiary/aromatic N) is 1. The van der Waals surface area contributed by atoms with Gasteiger partial charge in [0.05, 0.1) is 9.75 Å². The van der Waals surface area contributed by atoms with Crippen LogP contribution in [0.3, 0.4) is 0 Å². The van der Waals surface area contributed by atoms with Crippen molar-refractivity contribution in [3.63, 3.8) is 0 Å². The quantitative estimate of drug-likeness (QED) is 0.513. The summed E-state index contributed by atoms with van der Waals surface area (Å²) in [5.74, 6) is 6.27. The van der Waals surface area contributed by atoms with Gasteiger partial charge in [-0.05, 0) is 39.5 Å². The maximum Gasteiger partial charge on any atom is 0.160 e. The van der Waals surface area contributed by atoms with Gasteiger partial charge in [-0.25, -0.2) is 4.39 Å². The number of aldehydes is 1. The van der Waals surface area contributed by atoms with Crippen LogP contribution in [-0.4, -0.2) is 38.0 Å². The molecular formula is C20H30FNOS. The topological polar surface area (TPSA) is 20.3 Å².